The quantitative estimate of drug-likeness (QED) is 0.840. The van der Waals surface area contributed by atoms with Crippen molar-refractivity contribution in [2.45, 2.75) is 20.8 Å². The summed E-state index contributed by atoms with van der Waals surface area (Å²) < 4.78 is 2.03. The second-order valence-corrected chi connectivity index (χ2v) is 4.98. The molecule has 0 saturated carbocycles. The zero-order valence-corrected chi connectivity index (χ0v) is 11.6. The molecule has 0 spiro atoms. The Morgan fingerprint density at radius 3 is 2.47 bits per heavy atom. The van der Waals surface area contributed by atoms with Gasteiger partial charge in [0.05, 0.1) is 0 Å². The Hall–Kier alpha value is -2.16. The van der Waals surface area contributed by atoms with Gasteiger partial charge in [0.1, 0.15) is 0 Å². The zero-order valence-electron chi connectivity index (χ0n) is 11.6. The van der Waals surface area contributed by atoms with Crippen LogP contribution < -0.4 is 9.88 Å². The fraction of sp³-hybridized carbons (Fsp3) is 0.250. The maximum absolute atomic E-state index is 11.7. The molecule has 0 radical (unpaired) electrons. The first-order valence-electron chi connectivity index (χ1n) is 6.45. The van der Waals surface area contributed by atoms with Crippen molar-refractivity contribution in [3.63, 3.8) is 0 Å². The molecular formula is C16H19N2O+. The molecule has 2 aromatic rings. The number of carbonyl (C=O) groups excluding carboxylic acids is 1. The van der Waals surface area contributed by atoms with Crippen molar-refractivity contribution in [2.24, 2.45) is 5.92 Å². The topological polar surface area (TPSA) is 33.0 Å². The first-order chi connectivity index (χ1) is 9.06. The fourth-order valence-electron chi connectivity index (χ4n) is 1.70. The van der Waals surface area contributed by atoms with E-state index in [1.165, 1.54) is 5.56 Å². The van der Waals surface area contributed by atoms with E-state index < -0.39 is 0 Å². The number of nitrogens with one attached hydrogen (secondary N) is 1. The van der Waals surface area contributed by atoms with E-state index in [1.807, 2.05) is 55.1 Å². The van der Waals surface area contributed by atoms with Crippen LogP contribution >= 0.6 is 0 Å². The normalized spacial score (nSPS) is 10.5. The molecule has 1 aromatic heterocycles. The first-order valence-corrected chi connectivity index (χ1v) is 6.45. The minimum atomic E-state index is -0.0179. The summed E-state index contributed by atoms with van der Waals surface area (Å²) in [6.07, 6.45) is 4.03. The van der Waals surface area contributed by atoms with Gasteiger partial charge in [0, 0.05) is 35.9 Å². The molecule has 0 bridgehead atoms. The number of aryl methyl sites for hydroxylation is 1. The van der Waals surface area contributed by atoms with Crippen molar-refractivity contribution >= 4 is 11.6 Å². The van der Waals surface area contributed by atoms with Gasteiger partial charge in [0.25, 0.3) is 0 Å². The number of nitrogens with zero attached hydrogens (tertiary/aromatic N) is 1. The summed E-state index contributed by atoms with van der Waals surface area (Å²) in [5, 5.41) is 2.91. The molecule has 19 heavy (non-hydrogen) atoms. The maximum Gasteiger partial charge on any atom is 0.226 e. The lowest BCUT2D eigenvalue weighted by molar-refractivity contribution is -0.595. The highest BCUT2D eigenvalue weighted by atomic mass is 16.1. The number of hydrogen-bond acceptors (Lipinski definition) is 1. The number of aromatic nitrogens is 1. The third kappa shape index (κ3) is 3.41. The van der Waals surface area contributed by atoms with E-state index in [2.05, 4.69) is 24.4 Å². The zero-order chi connectivity index (χ0) is 13.8. The Morgan fingerprint density at radius 1 is 1.16 bits per heavy atom. The fourth-order valence-corrected chi connectivity index (χ4v) is 1.70. The molecule has 3 heteroatoms. The maximum atomic E-state index is 11.7. The van der Waals surface area contributed by atoms with E-state index in [9.17, 15) is 4.79 Å². The molecule has 1 aromatic carbocycles. The second-order valence-electron chi connectivity index (χ2n) is 4.98. The summed E-state index contributed by atoms with van der Waals surface area (Å²) in [4.78, 5) is 11.7. The molecule has 1 amide bonds. The number of benzene rings is 1. The standard InChI is InChI=1S/C16H18N2O/c1-12(2)16(19)17-14-5-4-6-15(11-14)18-9-7-13(3)8-10-18/h4-12H,1-3H3/p+1. The smallest absolute Gasteiger partial charge is 0.226 e. The van der Waals surface area contributed by atoms with Crippen molar-refractivity contribution in [3.05, 3.63) is 54.4 Å². The number of amides is 1. The molecule has 1 N–H and O–H groups in total. The van der Waals surface area contributed by atoms with Gasteiger partial charge in [-0.3, -0.25) is 4.79 Å². The average molecular weight is 255 g/mol. The van der Waals surface area contributed by atoms with E-state index in [0.717, 1.165) is 11.4 Å². The highest BCUT2D eigenvalue weighted by Crippen LogP contribution is 2.12. The second kappa shape index (κ2) is 5.65. The Balaban J connectivity index is 2.24. The molecular weight excluding hydrogens is 236 g/mol. The summed E-state index contributed by atoms with van der Waals surface area (Å²) in [6, 6.07) is 11.9. The van der Waals surface area contributed by atoms with Gasteiger partial charge in [-0.25, -0.2) is 0 Å². The van der Waals surface area contributed by atoms with Crippen LogP contribution in [0.5, 0.6) is 0 Å². The molecule has 1 heterocycles. The molecule has 3 nitrogen and oxygen atoms in total. The first kappa shape index (κ1) is 13.3. The largest absolute Gasteiger partial charge is 0.326 e. The van der Waals surface area contributed by atoms with Gasteiger partial charge in [-0.1, -0.05) is 19.9 Å². The van der Waals surface area contributed by atoms with Gasteiger partial charge < -0.3 is 5.32 Å². The van der Waals surface area contributed by atoms with Crippen LogP contribution in [0.3, 0.4) is 0 Å². The Morgan fingerprint density at radius 2 is 1.84 bits per heavy atom. The lowest BCUT2D eigenvalue weighted by atomic mass is 10.2. The number of hydrogen-bond donors (Lipinski definition) is 1. The number of carbonyl (C=O) groups is 1. The van der Waals surface area contributed by atoms with Crippen LogP contribution in [0, 0.1) is 12.8 Å². The molecule has 2 rings (SSSR count). The highest BCUT2D eigenvalue weighted by Gasteiger charge is 2.10. The molecule has 98 valence electrons. The minimum absolute atomic E-state index is 0.0179. The van der Waals surface area contributed by atoms with Gasteiger partial charge in [-0.05, 0) is 18.6 Å². The Kier molecular flexibility index (Phi) is 3.95. The predicted octanol–water partition coefficient (Wildman–Crippen LogP) is 2.87. The van der Waals surface area contributed by atoms with E-state index >= 15 is 0 Å². The predicted molar refractivity (Wildman–Crippen MR) is 76.2 cm³/mol. The van der Waals surface area contributed by atoms with Crippen LogP contribution in [0.1, 0.15) is 19.4 Å². The van der Waals surface area contributed by atoms with Gasteiger partial charge >= 0.3 is 0 Å². The monoisotopic (exact) mass is 255 g/mol. The number of pyridine rings is 1. The van der Waals surface area contributed by atoms with Crippen LogP contribution in [0.4, 0.5) is 5.69 Å². The molecule has 0 saturated heterocycles. The number of rotatable bonds is 3. The number of anilines is 1. The third-order valence-electron chi connectivity index (χ3n) is 2.93. The van der Waals surface area contributed by atoms with Gasteiger partial charge in [-0.15, -0.1) is 0 Å². The SMILES string of the molecule is Cc1cc[n+](-c2cccc(NC(=O)C(C)C)c2)cc1. The summed E-state index contributed by atoms with van der Waals surface area (Å²) in [5.74, 6) is 0.0155. The minimum Gasteiger partial charge on any atom is -0.326 e. The highest BCUT2D eigenvalue weighted by molar-refractivity contribution is 5.92. The average Bonchev–Trinajstić information content (AvgIpc) is 2.39. The van der Waals surface area contributed by atoms with Crippen LogP contribution in [0.15, 0.2) is 48.8 Å². The van der Waals surface area contributed by atoms with Crippen LogP contribution in [0.25, 0.3) is 5.69 Å². The van der Waals surface area contributed by atoms with Crippen LogP contribution in [0.2, 0.25) is 0 Å². The van der Waals surface area contributed by atoms with Crippen molar-refractivity contribution < 1.29 is 9.36 Å². The molecule has 0 unspecified atom stereocenters. The summed E-state index contributed by atoms with van der Waals surface area (Å²) >= 11 is 0. The van der Waals surface area contributed by atoms with E-state index in [0.29, 0.717) is 0 Å². The third-order valence-corrected chi connectivity index (χ3v) is 2.93. The molecule has 0 aliphatic rings. The van der Waals surface area contributed by atoms with Crippen molar-refractivity contribution in [2.75, 3.05) is 5.32 Å². The van der Waals surface area contributed by atoms with Crippen LogP contribution in [-0.4, -0.2) is 5.91 Å². The van der Waals surface area contributed by atoms with Crippen molar-refractivity contribution in [3.8, 4) is 5.69 Å². The lowest BCUT2D eigenvalue weighted by Crippen LogP contribution is -2.29. The molecule has 0 aliphatic carbocycles. The van der Waals surface area contributed by atoms with Crippen molar-refractivity contribution in [1.82, 2.24) is 0 Å². The summed E-state index contributed by atoms with van der Waals surface area (Å²) in [7, 11) is 0. The van der Waals surface area contributed by atoms with Crippen LogP contribution in [-0.2, 0) is 4.79 Å². The van der Waals surface area contributed by atoms with Gasteiger partial charge in [0.2, 0.25) is 11.6 Å². The molecule has 0 fully saturated rings. The van der Waals surface area contributed by atoms with Gasteiger partial charge in [-0.2, -0.15) is 4.57 Å². The summed E-state index contributed by atoms with van der Waals surface area (Å²) in [6.45, 7) is 5.82. The summed E-state index contributed by atoms with van der Waals surface area (Å²) in [5.41, 5.74) is 3.08. The molecule has 0 atom stereocenters. The Bertz CT molecular complexity index is 574. The van der Waals surface area contributed by atoms with E-state index in [-0.39, 0.29) is 11.8 Å². The lowest BCUT2D eigenvalue weighted by Gasteiger charge is -2.07. The van der Waals surface area contributed by atoms with E-state index in [1.54, 1.807) is 0 Å². The Labute approximate surface area is 113 Å². The van der Waals surface area contributed by atoms with Crippen molar-refractivity contribution in [1.29, 1.82) is 0 Å². The van der Waals surface area contributed by atoms with E-state index in [4.69, 9.17) is 0 Å². The van der Waals surface area contributed by atoms with Gasteiger partial charge in [0.15, 0.2) is 12.4 Å². The molecule has 0 aliphatic heterocycles.